The van der Waals surface area contributed by atoms with Crippen molar-refractivity contribution in [1.29, 1.82) is 0 Å². The van der Waals surface area contributed by atoms with E-state index in [2.05, 4.69) is 22.2 Å². The quantitative estimate of drug-likeness (QED) is 0.792. The second kappa shape index (κ2) is 6.49. The van der Waals surface area contributed by atoms with Crippen LogP contribution in [0.15, 0.2) is 54.9 Å². The SMILES string of the molecule is CCc1sc(NC(=O)c2ccncc2)nc1-c1ccccc1. The van der Waals surface area contributed by atoms with Gasteiger partial charge in [-0.15, -0.1) is 11.3 Å². The Balaban J connectivity index is 1.87. The molecule has 2 heterocycles. The van der Waals surface area contributed by atoms with Gasteiger partial charge in [0.2, 0.25) is 0 Å². The number of carbonyl (C=O) groups excluding carboxylic acids is 1. The van der Waals surface area contributed by atoms with Crippen molar-refractivity contribution < 1.29 is 4.79 Å². The number of anilines is 1. The molecule has 0 fully saturated rings. The van der Waals surface area contributed by atoms with Crippen LogP contribution in [-0.4, -0.2) is 15.9 Å². The molecule has 0 aliphatic rings. The highest BCUT2D eigenvalue weighted by Crippen LogP contribution is 2.31. The molecule has 1 aromatic carbocycles. The lowest BCUT2D eigenvalue weighted by molar-refractivity contribution is 0.102. The highest BCUT2D eigenvalue weighted by Gasteiger charge is 2.14. The normalized spacial score (nSPS) is 10.4. The third kappa shape index (κ3) is 3.04. The van der Waals surface area contributed by atoms with Crippen LogP contribution in [0.2, 0.25) is 0 Å². The third-order valence-corrected chi connectivity index (χ3v) is 4.34. The fraction of sp³-hybridized carbons (Fsp3) is 0.118. The van der Waals surface area contributed by atoms with Gasteiger partial charge in [0.1, 0.15) is 0 Å². The van der Waals surface area contributed by atoms with Crippen LogP contribution in [0.4, 0.5) is 5.13 Å². The summed E-state index contributed by atoms with van der Waals surface area (Å²) in [5.41, 5.74) is 2.59. The standard InChI is InChI=1S/C17H15N3OS/c1-2-14-15(12-6-4-3-5-7-12)19-17(22-14)20-16(21)13-8-10-18-11-9-13/h3-11H,2H2,1H3,(H,19,20,21). The minimum atomic E-state index is -0.168. The smallest absolute Gasteiger partial charge is 0.257 e. The van der Waals surface area contributed by atoms with Gasteiger partial charge in [0.05, 0.1) is 5.69 Å². The van der Waals surface area contributed by atoms with E-state index < -0.39 is 0 Å². The van der Waals surface area contributed by atoms with Crippen molar-refractivity contribution in [1.82, 2.24) is 9.97 Å². The molecule has 0 saturated heterocycles. The van der Waals surface area contributed by atoms with Crippen molar-refractivity contribution in [3.8, 4) is 11.3 Å². The lowest BCUT2D eigenvalue weighted by Gasteiger charge is -2.00. The molecule has 0 spiro atoms. The Hall–Kier alpha value is -2.53. The summed E-state index contributed by atoms with van der Waals surface area (Å²) in [7, 11) is 0. The largest absolute Gasteiger partial charge is 0.298 e. The number of hydrogen-bond acceptors (Lipinski definition) is 4. The summed E-state index contributed by atoms with van der Waals surface area (Å²) < 4.78 is 0. The number of nitrogens with one attached hydrogen (secondary N) is 1. The molecule has 22 heavy (non-hydrogen) atoms. The van der Waals surface area contributed by atoms with Gasteiger partial charge in [-0.3, -0.25) is 15.1 Å². The molecule has 110 valence electrons. The predicted molar refractivity (Wildman–Crippen MR) is 89.1 cm³/mol. The molecule has 0 aliphatic heterocycles. The lowest BCUT2D eigenvalue weighted by atomic mass is 10.1. The first-order chi connectivity index (χ1) is 10.8. The minimum absolute atomic E-state index is 0.168. The van der Waals surface area contributed by atoms with Gasteiger partial charge in [-0.05, 0) is 18.6 Å². The maximum atomic E-state index is 12.2. The minimum Gasteiger partial charge on any atom is -0.298 e. The van der Waals surface area contributed by atoms with E-state index in [0.29, 0.717) is 10.7 Å². The topological polar surface area (TPSA) is 54.9 Å². The van der Waals surface area contributed by atoms with Crippen LogP contribution in [0.3, 0.4) is 0 Å². The third-order valence-electron chi connectivity index (χ3n) is 3.23. The molecule has 5 heteroatoms. The molecular weight excluding hydrogens is 294 g/mol. The van der Waals surface area contributed by atoms with Crippen molar-refractivity contribution in [3.63, 3.8) is 0 Å². The van der Waals surface area contributed by atoms with Gasteiger partial charge in [0.15, 0.2) is 5.13 Å². The number of hydrogen-bond donors (Lipinski definition) is 1. The molecular formula is C17H15N3OS. The maximum absolute atomic E-state index is 12.2. The Kier molecular flexibility index (Phi) is 4.25. The first-order valence-corrected chi connectivity index (χ1v) is 7.86. The maximum Gasteiger partial charge on any atom is 0.257 e. The van der Waals surface area contributed by atoms with E-state index in [4.69, 9.17) is 0 Å². The van der Waals surface area contributed by atoms with E-state index in [1.54, 1.807) is 24.5 Å². The summed E-state index contributed by atoms with van der Waals surface area (Å²) in [6.45, 7) is 2.09. The number of benzene rings is 1. The second-order valence-electron chi connectivity index (χ2n) is 4.70. The number of rotatable bonds is 4. The molecule has 1 N–H and O–H groups in total. The van der Waals surface area contributed by atoms with Crippen LogP contribution < -0.4 is 5.32 Å². The Morgan fingerprint density at radius 1 is 1.14 bits per heavy atom. The van der Waals surface area contributed by atoms with Crippen LogP contribution in [-0.2, 0) is 6.42 Å². The fourth-order valence-corrected chi connectivity index (χ4v) is 3.06. The molecule has 3 rings (SSSR count). The zero-order valence-electron chi connectivity index (χ0n) is 12.1. The van der Waals surface area contributed by atoms with E-state index in [9.17, 15) is 4.79 Å². The Morgan fingerprint density at radius 2 is 1.86 bits per heavy atom. The van der Waals surface area contributed by atoms with Gasteiger partial charge in [-0.25, -0.2) is 4.98 Å². The summed E-state index contributed by atoms with van der Waals surface area (Å²) in [6, 6.07) is 13.4. The molecule has 3 aromatic rings. The van der Waals surface area contributed by atoms with E-state index in [1.165, 1.54) is 11.3 Å². The molecule has 2 aromatic heterocycles. The number of amides is 1. The Labute approximate surface area is 132 Å². The number of aromatic nitrogens is 2. The molecule has 0 saturated carbocycles. The second-order valence-corrected chi connectivity index (χ2v) is 5.78. The number of pyridine rings is 1. The Bertz CT molecular complexity index is 769. The first kappa shape index (κ1) is 14.4. The first-order valence-electron chi connectivity index (χ1n) is 7.04. The van der Waals surface area contributed by atoms with Crippen molar-refractivity contribution in [3.05, 3.63) is 65.3 Å². The number of carbonyl (C=O) groups is 1. The monoisotopic (exact) mass is 309 g/mol. The zero-order valence-corrected chi connectivity index (χ0v) is 12.9. The summed E-state index contributed by atoms with van der Waals surface area (Å²) >= 11 is 1.52. The summed E-state index contributed by atoms with van der Waals surface area (Å²) in [5, 5.41) is 3.49. The van der Waals surface area contributed by atoms with Crippen LogP contribution in [0.25, 0.3) is 11.3 Å². The fourth-order valence-electron chi connectivity index (χ4n) is 2.14. The van der Waals surface area contributed by atoms with E-state index in [1.807, 2.05) is 30.3 Å². The van der Waals surface area contributed by atoms with E-state index >= 15 is 0 Å². The molecule has 0 bridgehead atoms. The van der Waals surface area contributed by atoms with Crippen molar-refractivity contribution >= 4 is 22.4 Å². The van der Waals surface area contributed by atoms with Gasteiger partial charge in [-0.1, -0.05) is 37.3 Å². The lowest BCUT2D eigenvalue weighted by Crippen LogP contribution is -2.11. The summed E-state index contributed by atoms with van der Waals surface area (Å²) in [5.74, 6) is -0.168. The summed E-state index contributed by atoms with van der Waals surface area (Å²) in [4.78, 5) is 21.9. The average molecular weight is 309 g/mol. The highest BCUT2D eigenvalue weighted by atomic mass is 32.1. The van der Waals surface area contributed by atoms with Crippen LogP contribution >= 0.6 is 11.3 Å². The van der Waals surface area contributed by atoms with Crippen molar-refractivity contribution in [2.45, 2.75) is 13.3 Å². The van der Waals surface area contributed by atoms with E-state index in [-0.39, 0.29) is 5.91 Å². The average Bonchev–Trinajstić information content (AvgIpc) is 2.99. The zero-order chi connectivity index (χ0) is 15.4. The molecule has 0 atom stereocenters. The van der Waals surface area contributed by atoms with Gasteiger partial charge in [0.25, 0.3) is 5.91 Å². The molecule has 0 aliphatic carbocycles. The van der Waals surface area contributed by atoms with Gasteiger partial charge >= 0.3 is 0 Å². The van der Waals surface area contributed by atoms with Crippen LogP contribution in [0.1, 0.15) is 22.2 Å². The number of nitrogens with zero attached hydrogens (tertiary/aromatic N) is 2. The van der Waals surface area contributed by atoms with Crippen LogP contribution in [0, 0.1) is 0 Å². The highest BCUT2D eigenvalue weighted by molar-refractivity contribution is 7.16. The number of thiazole rings is 1. The number of aryl methyl sites for hydroxylation is 1. The molecule has 4 nitrogen and oxygen atoms in total. The summed E-state index contributed by atoms with van der Waals surface area (Å²) in [6.07, 6.45) is 4.08. The van der Waals surface area contributed by atoms with Crippen molar-refractivity contribution in [2.75, 3.05) is 5.32 Å². The van der Waals surface area contributed by atoms with Gasteiger partial charge < -0.3 is 0 Å². The molecule has 0 unspecified atom stereocenters. The van der Waals surface area contributed by atoms with Crippen molar-refractivity contribution in [2.24, 2.45) is 0 Å². The molecule has 1 amide bonds. The molecule has 0 radical (unpaired) electrons. The predicted octanol–water partition coefficient (Wildman–Crippen LogP) is 4.02. The van der Waals surface area contributed by atoms with Crippen LogP contribution in [0.5, 0.6) is 0 Å². The van der Waals surface area contributed by atoms with E-state index in [0.717, 1.165) is 22.6 Å². The van der Waals surface area contributed by atoms with Gasteiger partial charge in [-0.2, -0.15) is 0 Å². The Morgan fingerprint density at radius 3 is 2.55 bits per heavy atom. The van der Waals surface area contributed by atoms with Gasteiger partial charge in [0, 0.05) is 28.4 Å².